The molecule has 0 saturated heterocycles. The van der Waals surface area contributed by atoms with Crippen LogP contribution in [0.15, 0.2) is 48.8 Å². The molecule has 47 heavy (non-hydrogen) atoms. The summed E-state index contributed by atoms with van der Waals surface area (Å²) in [5, 5.41) is 27.5. The summed E-state index contributed by atoms with van der Waals surface area (Å²) in [5.74, 6) is -0.338. The molecule has 1 aliphatic heterocycles. The molecule has 3 amide bonds. The molecule has 2 bridgehead atoms. The second-order valence-corrected chi connectivity index (χ2v) is 11.7. The summed E-state index contributed by atoms with van der Waals surface area (Å²) in [6.07, 6.45) is 6.71. The van der Waals surface area contributed by atoms with E-state index in [9.17, 15) is 19.6 Å². The Morgan fingerprint density at radius 1 is 1.17 bits per heavy atom. The number of methoxy groups -OCH3 is 1. The number of nitriles is 1. The number of H-pyrrole nitrogens is 1. The number of tetrazole rings is 1. The van der Waals surface area contributed by atoms with E-state index in [1.165, 1.54) is 24.2 Å². The van der Waals surface area contributed by atoms with E-state index in [4.69, 9.17) is 16.3 Å². The fraction of sp³-hybridized carbons (Fsp3) is 0.312. The molecule has 2 aromatic carbocycles. The molecule has 0 spiro atoms. The van der Waals surface area contributed by atoms with Crippen molar-refractivity contribution in [2.75, 3.05) is 26.5 Å². The molecule has 0 aliphatic carbocycles. The molecule has 4 aromatic rings. The highest BCUT2D eigenvalue weighted by Crippen LogP contribution is 2.34. The minimum absolute atomic E-state index is 0.0257. The smallest absolute Gasteiger partial charge is 0.411 e. The number of hydrogen-bond acceptors (Lipinski definition) is 9. The summed E-state index contributed by atoms with van der Waals surface area (Å²) in [6, 6.07) is 12.0. The van der Waals surface area contributed by atoms with E-state index in [2.05, 4.69) is 42.2 Å². The predicted octanol–water partition coefficient (Wildman–Crippen LogP) is 4.45. The van der Waals surface area contributed by atoms with Crippen LogP contribution in [-0.2, 0) is 20.7 Å². The molecule has 2 atom stereocenters. The van der Waals surface area contributed by atoms with Crippen LogP contribution in [0.25, 0.3) is 23.0 Å². The topological polar surface area (TPSA) is 184 Å². The fourth-order valence-electron chi connectivity index (χ4n) is 5.57. The Balaban J connectivity index is 1.49. The van der Waals surface area contributed by atoms with Gasteiger partial charge in [0.15, 0.2) is 5.69 Å². The number of aromatic amines is 1. The van der Waals surface area contributed by atoms with Crippen molar-refractivity contribution in [2.24, 2.45) is 5.92 Å². The van der Waals surface area contributed by atoms with E-state index in [-0.39, 0.29) is 23.4 Å². The van der Waals surface area contributed by atoms with Gasteiger partial charge < -0.3 is 19.9 Å². The van der Waals surface area contributed by atoms with E-state index >= 15 is 0 Å². The summed E-state index contributed by atoms with van der Waals surface area (Å²) in [6.45, 7) is 0. The lowest BCUT2D eigenvalue weighted by molar-refractivity contribution is -0.133. The number of benzene rings is 2. The van der Waals surface area contributed by atoms with E-state index in [0.717, 1.165) is 5.56 Å². The third-order valence-electron chi connectivity index (χ3n) is 7.83. The number of fused-ring (bicyclic) bond motifs is 4. The van der Waals surface area contributed by atoms with Gasteiger partial charge in [-0.2, -0.15) is 9.94 Å². The molecule has 242 valence electrons. The number of imidazole rings is 1. The number of ether oxygens (including phenoxy) is 1. The number of hydrogen-bond donors (Lipinski definition) is 3. The zero-order valence-electron chi connectivity index (χ0n) is 26.0. The average Bonchev–Trinajstić information content (AvgIpc) is 3.75. The van der Waals surface area contributed by atoms with Gasteiger partial charge in [-0.3, -0.25) is 14.9 Å². The lowest BCUT2D eigenvalue weighted by Crippen LogP contribution is -2.31. The first-order valence-electron chi connectivity index (χ1n) is 14.9. The summed E-state index contributed by atoms with van der Waals surface area (Å²) < 4.78 is 6.22. The van der Waals surface area contributed by atoms with Crippen molar-refractivity contribution in [1.29, 1.82) is 5.26 Å². The first-order valence-corrected chi connectivity index (χ1v) is 15.3. The lowest BCUT2D eigenvalue weighted by atomic mass is 9.88. The Kier molecular flexibility index (Phi) is 10.3. The molecule has 0 fully saturated rings. The molecule has 1 aliphatic rings. The number of nitrogens with one attached hydrogen (secondary N) is 3. The van der Waals surface area contributed by atoms with E-state index in [0.29, 0.717) is 71.1 Å². The van der Waals surface area contributed by atoms with Crippen molar-refractivity contribution < 1.29 is 19.1 Å². The van der Waals surface area contributed by atoms with Gasteiger partial charge in [-0.1, -0.05) is 30.5 Å². The Bertz CT molecular complexity index is 1840. The summed E-state index contributed by atoms with van der Waals surface area (Å²) in [4.78, 5) is 48.0. The van der Waals surface area contributed by atoms with Crippen LogP contribution in [0.5, 0.6) is 0 Å². The van der Waals surface area contributed by atoms with Gasteiger partial charge in [-0.05, 0) is 71.7 Å². The standard InChI is InChI=1S/C32H33ClN10O4/c1-42(2)31(45)20-6-4-5-7-25(37-28(44)13-8-19-15-22(33)9-12-27(19)43-18-35-40-41-43)30-38-26(17-34)29(39-30)24-11-10-23(16-21(24)14-20)36-32(46)47-3/h8-13,15-16,18,20,25H,4-7,14H2,1-3H3,(H,36,46)(H,37,44)(H,38,39)/b13-8+/t20?,25-/m0/s1. The fourth-order valence-corrected chi connectivity index (χ4v) is 5.75. The average molecular weight is 657 g/mol. The first-order chi connectivity index (χ1) is 22.7. The Hall–Kier alpha value is -5.55. The predicted molar refractivity (Wildman–Crippen MR) is 173 cm³/mol. The van der Waals surface area contributed by atoms with Gasteiger partial charge in [0.05, 0.1) is 24.5 Å². The van der Waals surface area contributed by atoms with Crippen LogP contribution in [0.4, 0.5) is 10.5 Å². The monoisotopic (exact) mass is 656 g/mol. The molecule has 2 aromatic heterocycles. The van der Waals surface area contributed by atoms with Crippen LogP contribution in [0.1, 0.15) is 54.4 Å². The molecule has 1 unspecified atom stereocenters. The minimum atomic E-state index is -0.629. The van der Waals surface area contributed by atoms with Gasteiger partial charge in [0.25, 0.3) is 0 Å². The van der Waals surface area contributed by atoms with Crippen molar-refractivity contribution in [3.8, 4) is 23.0 Å². The highest BCUT2D eigenvalue weighted by atomic mass is 35.5. The number of carbonyl (C=O) groups excluding carboxylic acids is 3. The summed E-state index contributed by atoms with van der Waals surface area (Å²) in [7, 11) is 4.71. The van der Waals surface area contributed by atoms with Crippen LogP contribution in [0, 0.1) is 17.2 Å². The van der Waals surface area contributed by atoms with Gasteiger partial charge in [0.2, 0.25) is 11.8 Å². The molecule has 14 nitrogen and oxygen atoms in total. The highest BCUT2D eigenvalue weighted by Gasteiger charge is 2.27. The van der Waals surface area contributed by atoms with E-state index < -0.39 is 12.1 Å². The van der Waals surface area contributed by atoms with Crippen LogP contribution in [0.3, 0.4) is 0 Å². The summed E-state index contributed by atoms with van der Waals surface area (Å²) >= 11 is 6.23. The minimum Gasteiger partial charge on any atom is -0.453 e. The van der Waals surface area contributed by atoms with Crippen molar-refractivity contribution in [1.82, 2.24) is 40.4 Å². The van der Waals surface area contributed by atoms with Gasteiger partial charge in [-0.15, -0.1) is 5.10 Å². The van der Waals surface area contributed by atoms with Crippen LogP contribution < -0.4 is 10.6 Å². The molecule has 3 heterocycles. The van der Waals surface area contributed by atoms with Gasteiger partial charge in [0.1, 0.15) is 18.2 Å². The van der Waals surface area contributed by atoms with E-state index in [1.54, 1.807) is 61.5 Å². The molecular weight excluding hydrogens is 624 g/mol. The van der Waals surface area contributed by atoms with Crippen molar-refractivity contribution in [3.63, 3.8) is 0 Å². The quantitative estimate of drug-likeness (QED) is 0.252. The molecule has 15 heteroatoms. The normalized spacial score (nSPS) is 16.2. The lowest BCUT2D eigenvalue weighted by Gasteiger charge is -2.23. The number of rotatable bonds is 6. The third kappa shape index (κ3) is 7.82. The number of carbonyl (C=O) groups is 3. The van der Waals surface area contributed by atoms with Crippen LogP contribution >= 0.6 is 11.6 Å². The zero-order valence-corrected chi connectivity index (χ0v) is 26.8. The van der Waals surface area contributed by atoms with Crippen molar-refractivity contribution in [3.05, 3.63) is 76.5 Å². The SMILES string of the molecule is COC(=O)Nc1ccc2c(c1)CC(C(=O)N(C)C)CCCC[C@H](NC(=O)/C=C/c1cc(Cl)ccc1-n1cnnn1)c1nc(C#N)c-2[nH]1. The van der Waals surface area contributed by atoms with Gasteiger partial charge >= 0.3 is 6.09 Å². The Morgan fingerprint density at radius 2 is 1.98 bits per heavy atom. The van der Waals surface area contributed by atoms with Crippen molar-refractivity contribution >= 4 is 41.3 Å². The number of anilines is 1. The zero-order chi connectivity index (χ0) is 33.5. The third-order valence-corrected chi connectivity index (χ3v) is 8.07. The molecule has 5 rings (SSSR count). The van der Waals surface area contributed by atoms with Crippen molar-refractivity contribution in [2.45, 2.75) is 38.1 Å². The Labute approximate surface area is 275 Å². The number of halogens is 1. The maximum atomic E-state index is 13.3. The second-order valence-electron chi connectivity index (χ2n) is 11.2. The van der Waals surface area contributed by atoms with Gasteiger partial charge in [-0.25, -0.2) is 9.78 Å². The maximum absolute atomic E-state index is 13.3. The number of amides is 3. The number of aromatic nitrogens is 6. The maximum Gasteiger partial charge on any atom is 0.411 e. The van der Waals surface area contributed by atoms with Crippen LogP contribution in [-0.4, -0.2) is 74.2 Å². The molecular formula is C32H33ClN10O4. The molecule has 3 N–H and O–H groups in total. The van der Waals surface area contributed by atoms with E-state index in [1.807, 2.05) is 0 Å². The summed E-state index contributed by atoms with van der Waals surface area (Å²) in [5.41, 5.74) is 3.75. The second kappa shape index (κ2) is 14.7. The molecule has 0 saturated carbocycles. The Morgan fingerprint density at radius 3 is 2.70 bits per heavy atom. The molecule has 0 radical (unpaired) electrons. The van der Waals surface area contributed by atoms with Crippen LogP contribution in [0.2, 0.25) is 5.02 Å². The largest absolute Gasteiger partial charge is 0.453 e. The first kappa shape index (κ1) is 32.8. The number of nitrogens with zero attached hydrogens (tertiary/aromatic N) is 7. The highest BCUT2D eigenvalue weighted by molar-refractivity contribution is 6.30. The van der Waals surface area contributed by atoms with Gasteiger partial charge in [0, 0.05) is 47.9 Å².